The van der Waals surface area contributed by atoms with Gasteiger partial charge in [-0.3, -0.25) is 0 Å². The first-order valence-corrected chi connectivity index (χ1v) is 6.85. The molecule has 1 atom stereocenters. The van der Waals surface area contributed by atoms with Crippen LogP contribution >= 0.6 is 11.3 Å². The van der Waals surface area contributed by atoms with Gasteiger partial charge in [0.05, 0.1) is 10.7 Å². The molecule has 92 valence electrons. The van der Waals surface area contributed by atoms with Gasteiger partial charge in [0.25, 0.3) is 0 Å². The number of thiazole rings is 1. The van der Waals surface area contributed by atoms with E-state index in [0.29, 0.717) is 6.04 Å². The van der Waals surface area contributed by atoms with E-state index in [1.54, 1.807) is 11.3 Å². The maximum absolute atomic E-state index is 4.54. The summed E-state index contributed by atoms with van der Waals surface area (Å²) in [6, 6.07) is 0.615. The number of rotatable bonds is 7. The smallest absolute Gasteiger partial charge is 0.0926 e. The van der Waals surface area contributed by atoms with Gasteiger partial charge in [-0.1, -0.05) is 13.8 Å². The van der Waals surface area contributed by atoms with Crippen molar-refractivity contribution in [2.75, 3.05) is 20.6 Å². The molecule has 1 aromatic rings. The van der Waals surface area contributed by atoms with E-state index in [4.69, 9.17) is 0 Å². The summed E-state index contributed by atoms with van der Waals surface area (Å²) in [4.78, 5) is 6.81. The van der Waals surface area contributed by atoms with E-state index in [1.807, 2.05) is 0 Å². The molecule has 1 N–H and O–H groups in total. The zero-order valence-electron chi connectivity index (χ0n) is 10.8. The Labute approximate surface area is 103 Å². The minimum atomic E-state index is 0.615. The number of nitrogens with zero attached hydrogens (tertiary/aromatic N) is 2. The number of likely N-dealkylation sites (N-methyl/N-ethyl adjacent to an activating group) is 1. The predicted molar refractivity (Wildman–Crippen MR) is 71.0 cm³/mol. The van der Waals surface area contributed by atoms with Gasteiger partial charge in [0.2, 0.25) is 0 Å². The van der Waals surface area contributed by atoms with Crippen LogP contribution in [0.15, 0.2) is 5.38 Å². The summed E-state index contributed by atoms with van der Waals surface area (Å²) in [7, 11) is 4.27. The molecule has 0 saturated heterocycles. The number of aromatic nitrogens is 1. The molecule has 0 aromatic carbocycles. The normalized spacial score (nSPS) is 13.3. The Hall–Kier alpha value is -0.450. The molecule has 0 spiro atoms. The largest absolute Gasteiger partial charge is 0.310 e. The van der Waals surface area contributed by atoms with Gasteiger partial charge in [0, 0.05) is 24.5 Å². The Balaban J connectivity index is 2.29. The maximum atomic E-state index is 4.54. The zero-order valence-corrected chi connectivity index (χ0v) is 11.6. The number of aryl methyl sites for hydroxylation is 1. The third kappa shape index (κ3) is 4.20. The molecule has 0 amide bonds. The van der Waals surface area contributed by atoms with Crippen molar-refractivity contribution >= 4 is 11.3 Å². The Bertz CT molecular complexity index is 296. The summed E-state index contributed by atoms with van der Waals surface area (Å²) in [5.74, 6) is 0. The molecule has 1 aromatic heterocycles. The van der Waals surface area contributed by atoms with Gasteiger partial charge < -0.3 is 10.2 Å². The van der Waals surface area contributed by atoms with Crippen molar-refractivity contribution in [3.63, 3.8) is 0 Å². The second kappa shape index (κ2) is 6.99. The molecule has 0 aliphatic heterocycles. The van der Waals surface area contributed by atoms with Gasteiger partial charge in [-0.05, 0) is 26.9 Å². The van der Waals surface area contributed by atoms with Crippen molar-refractivity contribution in [3.8, 4) is 0 Å². The van der Waals surface area contributed by atoms with Crippen LogP contribution in [0, 0.1) is 0 Å². The maximum Gasteiger partial charge on any atom is 0.0926 e. The molecule has 0 aliphatic carbocycles. The van der Waals surface area contributed by atoms with Crippen LogP contribution in [-0.2, 0) is 13.0 Å². The molecule has 0 radical (unpaired) electrons. The number of nitrogens with one attached hydrogen (secondary N) is 1. The molecule has 1 rings (SSSR count). The van der Waals surface area contributed by atoms with E-state index in [9.17, 15) is 0 Å². The van der Waals surface area contributed by atoms with Crippen LogP contribution in [0.4, 0.5) is 0 Å². The van der Waals surface area contributed by atoms with Crippen LogP contribution in [0.25, 0.3) is 0 Å². The summed E-state index contributed by atoms with van der Waals surface area (Å²) in [5, 5.41) is 6.86. The lowest BCUT2D eigenvalue weighted by Crippen LogP contribution is -2.37. The lowest BCUT2D eigenvalue weighted by atomic mass is 10.2. The Morgan fingerprint density at radius 3 is 2.69 bits per heavy atom. The highest BCUT2D eigenvalue weighted by Gasteiger charge is 2.08. The third-order valence-corrected chi connectivity index (χ3v) is 3.83. The van der Waals surface area contributed by atoms with E-state index in [1.165, 1.54) is 17.1 Å². The van der Waals surface area contributed by atoms with E-state index < -0.39 is 0 Å². The summed E-state index contributed by atoms with van der Waals surface area (Å²) in [5.41, 5.74) is 1.18. The topological polar surface area (TPSA) is 28.2 Å². The number of hydrogen-bond acceptors (Lipinski definition) is 4. The monoisotopic (exact) mass is 241 g/mol. The quantitative estimate of drug-likeness (QED) is 0.793. The molecule has 0 bridgehead atoms. The molecule has 4 heteroatoms. The molecular formula is C12H23N3S. The van der Waals surface area contributed by atoms with Crippen LogP contribution < -0.4 is 5.32 Å². The standard InChI is InChI=1S/C12H23N3S/c1-5-11(15(3)4)8-13-7-10-9-16-12(6-2)14-10/h9,11,13H,5-8H2,1-4H3. The summed E-state index contributed by atoms with van der Waals surface area (Å²) in [6.07, 6.45) is 2.22. The summed E-state index contributed by atoms with van der Waals surface area (Å²) < 4.78 is 0. The van der Waals surface area contributed by atoms with Crippen molar-refractivity contribution in [2.24, 2.45) is 0 Å². The highest BCUT2D eigenvalue weighted by atomic mass is 32.1. The highest BCUT2D eigenvalue weighted by molar-refractivity contribution is 7.09. The van der Waals surface area contributed by atoms with Crippen molar-refractivity contribution in [2.45, 2.75) is 39.3 Å². The van der Waals surface area contributed by atoms with Crippen molar-refractivity contribution in [1.29, 1.82) is 0 Å². The second-order valence-electron chi connectivity index (χ2n) is 4.24. The average Bonchev–Trinajstić information content (AvgIpc) is 2.71. The minimum Gasteiger partial charge on any atom is -0.310 e. The highest BCUT2D eigenvalue weighted by Crippen LogP contribution is 2.09. The Morgan fingerprint density at radius 2 is 2.19 bits per heavy atom. The molecule has 1 unspecified atom stereocenters. The average molecular weight is 241 g/mol. The van der Waals surface area contributed by atoms with Gasteiger partial charge in [-0.2, -0.15) is 0 Å². The fourth-order valence-corrected chi connectivity index (χ4v) is 2.40. The van der Waals surface area contributed by atoms with Crippen molar-refractivity contribution < 1.29 is 0 Å². The summed E-state index contributed by atoms with van der Waals surface area (Å²) in [6.45, 7) is 6.29. The summed E-state index contributed by atoms with van der Waals surface area (Å²) >= 11 is 1.76. The third-order valence-electron chi connectivity index (χ3n) is 2.79. The molecule has 0 fully saturated rings. The van der Waals surface area contributed by atoms with Crippen LogP contribution in [-0.4, -0.2) is 36.6 Å². The molecule has 16 heavy (non-hydrogen) atoms. The fraction of sp³-hybridized carbons (Fsp3) is 0.750. The predicted octanol–water partition coefficient (Wildman–Crippen LogP) is 2.14. The first-order chi connectivity index (χ1) is 7.67. The van der Waals surface area contributed by atoms with Gasteiger partial charge in [-0.25, -0.2) is 4.98 Å². The van der Waals surface area contributed by atoms with Gasteiger partial charge in [-0.15, -0.1) is 11.3 Å². The van der Waals surface area contributed by atoms with Crippen molar-refractivity contribution in [3.05, 3.63) is 16.1 Å². The van der Waals surface area contributed by atoms with Gasteiger partial charge in [0.1, 0.15) is 0 Å². The molecule has 1 heterocycles. The molecule has 0 saturated carbocycles. The minimum absolute atomic E-state index is 0.615. The van der Waals surface area contributed by atoms with Crippen LogP contribution in [0.5, 0.6) is 0 Å². The van der Waals surface area contributed by atoms with Gasteiger partial charge in [0.15, 0.2) is 0 Å². The van der Waals surface area contributed by atoms with Crippen LogP contribution in [0.2, 0.25) is 0 Å². The fourth-order valence-electron chi connectivity index (χ4n) is 1.65. The van der Waals surface area contributed by atoms with Crippen LogP contribution in [0.1, 0.15) is 31.0 Å². The molecule has 0 aliphatic rings. The van der Waals surface area contributed by atoms with E-state index in [2.05, 4.69) is 48.5 Å². The van der Waals surface area contributed by atoms with E-state index in [-0.39, 0.29) is 0 Å². The molecular weight excluding hydrogens is 218 g/mol. The first kappa shape index (κ1) is 13.6. The lowest BCUT2D eigenvalue weighted by molar-refractivity contribution is 0.275. The SMILES string of the molecule is CCc1nc(CNCC(CC)N(C)C)cs1. The number of hydrogen-bond donors (Lipinski definition) is 1. The van der Waals surface area contributed by atoms with Crippen LogP contribution in [0.3, 0.4) is 0 Å². The molecule has 3 nitrogen and oxygen atoms in total. The zero-order chi connectivity index (χ0) is 12.0. The Morgan fingerprint density at radius 1 is 1.44 bits per heavy atom. The Kier molecular flexibility index (Phi) is 5.95. The lowest BCUT2D eigenvalue weighted by Gasteiger charge is -2.22. The van der Waals surface area contributed by atoms with E-state index in [0.717, 1.165) is 19.5 Å². The second-order valence-corrected chi connectivity index (χ2v) is 5.19. The van der Waals surface area contributed by atoms with E-state index >= 15 is 0 Å². The first-order valence-electron chi connectivity index (χ1n) is 5.97. The van der Waals surface area contributed by atoms with Crippen molar-refractivity contribution in [1.82, 2.24) is 15.2 Å². The van der Waals surface area contributed by atoms with Gasteiger partial charge >= 0.3 is 0 Å².